The molecule has 3 aromatic rings. The molecule has 0 spiro atoms. The Hall–Kier alpha value is -3.19. The van der Waals surface area contributed by atoms with Crippen molar-refractivity contribution in [2.24, 2.45) is 0 Å². The lowest BCUT2D eigenvalue weighted by atomic mass is 10.2. The van der Waals surface area contributed by atoms with Gasteiger partial charge in [0.05, 0.1) is 6.54 Å². The second-order valence-corrected chi connectivity index (χ2v) is 7.65. The van der Waals surface area contributed by atoms with Gasteiger partial charge in [0.1, 0.15) is 5.82 Å². The molecule has 2 heterocycles. The van der Waals surface area contributed by atoms with Gasteiger partial charge in [-0.25, -0.2) is 0 Å². The van der Waals surface area contributed by atoms with E-state index in [9.17, 15) is 9.59 Å². The van der Waals surface area contributed by atoms with Crippen LogP contribution < -0.4 is 10.6 Å². The molecule has 2 aromatic carbocycles. The molecule has 4 rings (SSSR count). The lowest BCUT2D eigenvalue weighted by Gasteiger charge is -2.09. The molecule has 0 radical (unpaired) electrons. The fourth-order valence-corrected chi connectivity index (χ4v) is 3.60. The van der Waals surface area contributed by atoms with E-state index < -0.39 is 0 Å². The van der Waals surface area contributed by atoms with Crippen LogP contribution in [0, 0.1) is 0 Å². The summed E-state index contributed by atoms with van der Waals surface area (Å²) in [5, 5.41) is 14.6. The van der Waals surface area contributed by atoms with Gasteiger partial charge in [-0.3, -0.25) is 9.59 Å². The largest absolute Gasteiger partial charge is 0.343 e. The van der Waals surface area contributed by atoms with Gasteiger partial charge in [0.2, 0.25) is 5.91 Å². The maximum absolute atomic E-state index is 12.2. The molecule has 0 saturated carbocycles. The highest BCUT2D eigenvalue weighted by atomic mass is 35.5. The van der Waals surface area contributed by atoms with E-state index in [4.69, 9.17) is 11.6 Å². The summed E-state index contributed by atoms with van der Waals surface area (Å²) in [5.41, 5.74) is 2.06. The van der Waals surface area contributed by atoms with Gasteiger partial charge in [0.15, 0.2) is 5.82 Å². The maximum atomic E-state index is 12.2. The second kappa shape index (κ2) is 9.09. The maximum Gasteiger partial charge on any atom is 0.251 e. The molecule has 30 heavy (non-hydrogen) atoms. The standard InChI is InChI=1S/C22H22ClN5O2/c23-17-9-5-16(6-10-17)22(30)24-14-20(29)25-18-11-7-15(8-12-18)21-27-26-19-4-2-1-3-13-28(19)21/h5-12H,1-4,13-14H2,(H,24,30)(H,25,29). The molecule has 1 aliphatic rings. The first-order valence-corrected chi connectivity index (χ1v) is 10.3. The Labute approximate surface area is 179 Å². The monoisotopic (exact) mass is 423 g/mol. The van der Waals surface area contributed by atoms with E-state index in [1.165, 1.54) is 6.42 Å². The first-order valence-electron chi connectivity index (χ1n) is 9.96. The highest BCUT2D eigenvalue weighted by Gasteiger charge is 2.16. The number of anilines is 1. The molecule has 0 unspecified atom stereocenters. The number of nitrogens with one attached hydrogen (secondary N) is 2. The molecule has 8 heteroatoms. The van der Waals surface area contributed by atoms with Crippen molar-refractivity contribution in [1.82, 2.24) is 20.1 Å². The number of halogens is 1. The molecule has 0 bridgehead atoms. The van der Waals surface area contributed by atoms with Crippen molar-refractivity contribution in [1.29, 1.82) is 0 Å². The van der Waals surface area contributed by atoms with Crippen LogP contribution in [0.15, 0.2) is 48.5 Å². The molecule has 1 aliphatic heterocycles. The van der Waals surface area contributed by atoms with Gasteiger partial charge in [-0.15, -0.1) is 10.2 Å². The number of nitrogens with zero attached hydrogens (tertiary/aromatic N) is 3. The van der Waals surface area contributed by atoms with Crippen LogP contribution in [0.5, 0.6) is 0 Å². The molecule has 2 N–H and O–H groups in total. The number of hydrogen-bond donors (Lipinski definition) is 2. The summed E-state index contributed by atoms with van der Waals surface area (Å²) in [7, 11) is 0. The van der Waals surface area contributed by atoms with Crippen LogP contribution in [0.4, 0.5) is 5.69 Å². The van der Waals surface area contributed by atoms with Crippen LogP contribution in [0.2, 0.25) is 5.02 Å². The zero-order valence-corrected chi connectivity index (χ0v) is 17.2. The summed E-state index contributed by atoms with van der Waals surface area (Å²) in [6.45, 7) is 0.810. The van der Waals surface area contributed by atoms with Crippen LogP contribution in [0.25, 0.3) is 11.4 Å². The van der Waals surface area contributed by atoms with Crippen molar-refractivity contribution in [3.8, 4) is 11.4 Å². The molecule has 0 saturated heterocycles. The number of hydrogen-bond acceptors (Lipinski definition) is 4. The van der Waals surface area contributed by atoms with E-state index in [0.29, 0.717) is 16.3 Å². The van der Waals surface area contributed by atoms with Crippen molar-refractivity contribution in [2.45, 2.75) is 32.2 Å². The van der Waals surface area contributed by atoms with Crippen molar-refractivity contribution in [3.63, 3.8) is 0 Å². The van der Waals surface area contributed by atoms with Crippen LogP contribution in [0.1, 0.15) is 35.4 Å². The Balaban J connectivity index is 1.34. The molecular formula is C22H22ClN5O2. The molecule has 154 valence electrons. The summed E-state index contributed by atoms with van der Waals surface area (Å²) in [4.78, 5) is 24.3. The number of aryl methyl sites for hydroxylation is 1. The summed E-state index contributed by atoms with van der Waals surface area (Å²) in [6, 6.07) is 14.0. The summed E-state index contributed by atoms with van der Waals surface area (Å²) < 4.78 is 2.19. The van der Waals surface area contributed by atoms with Crippen LogP contribution in [-0.2, 0) is 17.8 Å². The minimum Gasteiger partial charge on any atom is -0.343 e. The van der Waals surface area contributed by atoms with E-state index in [2.05, 4.69) is 25.4 Å². The summed E-state index contributed by atoms with van der Waals surface area (Å²) in [6.07, 6.45) is 4.46. The van der Waals surface area contributed by atoms with Gasteiger partial charge in [-0.1, -0.05) is 18.0 Å². The average Bonchev–Trinajstić information content (AvgIpc) is 3.01. The third kappa shape index (κ3) is 4.68. The SMILES string of the molecule is O=C(CNC(=O)c1ccc(Cl)cc1)Nc1ccc(-c2nnc3n2CCCCC3)cc1. The Morgan fingerprint density at radius 2 is 1.73 bits per heavy atom. The third-order valence-electron chi connectivity index (χ3n) is 5.05. The Morgan fingerprint density at radius 1 is 0.967 bits per heavy atom. The average molecular weight is 424 g/mol. The van der Waals surface area contributed by atoms with Gasteiger partial charge < -0.3 is 15.2 Å². The van der Waals surface area contributed by atoms with Crippen LogP contribution in [0.3, 0.4) is 0 Å². The minimum atomic E-state index is -0.329. The zero-order valence-electron chi connectivity index (χ0n) is 16.4. The number of amides is 2. The topological polar surface area (TPSA) is 88.9 Å². The highest BCUT2D eigenvalue weighted by molar-refractivity contribution is 6.30. The molecule has 0 fully saturated rings. The van der Waals surface area contributed by atoms with E-state index in [1.54, 1.807) is 24.3 Å². The number of fused-ring (bicyclic) bond motifs is 1. The predicted octanol–water partition coefficient (Wildman–Crippen LogP) is 3.69. The van der Waals surface area contributed by atoms with Gasteiger partial charge in [-0.05, 0) is 61.4 Å². The van der Waals surface area contributed by atoms with E-state index in [0.717, 1.165) is 43.0 Å². The highest BCUT2D eigenvalue weighted by Crippen LogP contribution is 2.24. The Morgan fingerprint density at radius 3 is 2.50 bits per heavy atom. The first-order chi connectivity index (χ1) is 14.6. The fraction of sp³-hybridized carbons (Fsp3) is 0.273. The Kier molecular flexibility index (Phi) is 6.09. The molecule has 0 atom stereocenters. The van der Waals surface area contributed by atoms with Crippen molar-refractivity contribution in [2.75, 3.05) is 11.9 Å². The number of carbonyl (C=O) groups excluding carboxylic acids is 2. The number of rotatable bonds is 5. The molecule has 7 nitrogen and oxygen atoms in total. The summed E-state index contributed by atoms with van der Waals surface area (Å²) >= 11 is 5.82. The lowest BCUT2D eigenvalue weighted by molar-refractivity contribution is -0.115. The Bertz CT molecular complexity index is 1040. The van der Waals surface area contributed by atoms with Gasteiger partial charge >= 0.3 is 0 Å². The van der Waals surface area contributed by atoms with Crippen LogP contribution >= 0.6 is 11.6 Å². The second-order valence-electron chi connectivity index (χ2n) is 7.22. The van der Waals surface area contributed by atoms with Crippen LogP contribution in [-0.4, -0.2) is 33.1 Å². The number of carbonyl (C=O) groups is 2. The summed E-state index contributed by atoms with van der Waals surface area (Å²) in [5.74, 6) is 1.27. The van der Waals surface area contributed by atoms with E-state index in [1.807, 2.05) is 24.3 Å². The fourth-order valence-electron chi connectivity index (χ4n) is 3.47. The van der Waals surface area contributed by atoms with Gasteiger partial charge in [-0.2, -0.15) is 0 Å². The first kappa shape index (κ1) is 20.1. The quantitative estimate of drug-likeness (QED) is 0.655. The normalized spacial score (nSPS) is 13.2. The lowest BCUT2D eigenvalue weighted by Crippen LogP contribution is -2.32. The van der Waals surface area contributed by atoms with Gasteiger partial charge in [0, 0.05) is 34.8 Å². The van der Waals surface area contributed by atoms with Crippen molar-refractivity contribution < 1.29 is 9.59 Å². The predicted molar refractivity (Wildman–Crippen MR) is 115 cm³/mol. The number of aromatic nitrogens is 3. The molecular weight excluding hydrogens is 402 g/mol. The van der Waals surface area contributed by atoms with Crippen molar-refractivity contribution in [3.05, 3.63) is 64.9 Å². The third-order valence-corrected chi connectivity index (χ3v) is 5.30. The van der Waals surface area contributed by atoms with Gasteiger partial charge in [0.25, 0.3) is 5.91 Å². The molecule has 1 aromatic heterocycles. The zero-order chi connectivity index (χ0) is 20.9. The molecule has 0 aliphatic carbocycles. The van der Waals surface area contributed by atoms with E-state index in [-0.39, 0.29) is 18.4 Å². The minimum absolute atomic E-state index is 0.124. The smallest absolute Gasteiger partial charge is 0.251 e. The molecule has 2 amide bonds. The van der Waals surface area contributed by atoms with E-state index >= 15 is 0 Å². The number of benzene rings is 2. The van der Waals surface area contributed by atoms with Crippen molar-refractivity contribution >= 4 is 29.1 Å².